The Balaban J connectivity index is 1.45. The predicted octanol–water partition coefficient (Wildman–Crippen LogP) is 4.32. The topological polar surface area (TPSA) is 42.4 Å². The van der Waals surface area contributed by atoms with E-state index in [-0.39, 0.29) is 11.8 Å². The molecule has 0 N–H and O–H groups in total. The van der Waals surface area contributed by atoms with Crippen LogP contribution in [0.25, 0.3) is 10.9 Å². The van der Waals surface area contributed by atoms with Crippen LogP contribution in [-0.2, 0) is 4.79 Å². The van der Waals surface area contributed by atoms with Gasteiger partial charge in [0, 0.05) is 18.0 Å². The van der Waals surface area contributed by atoms with E-state index in [9.17, 15) is 4.79 Å². The van der Waals surface area contributed by atoms with Crippen LogP contribution >= 0.6 is 11.6 Å². The number of hydrogen-bond donors (Lipinski definition) is 0. The molecular formula is C20H17ClN2O2. The second-order valence-electron chi connectivity index (χ2n) is 6.08. The van der Waals surface area contributed by atoms with E-state index in [0.717, 1.165) is 23.0 Å². The monoisotopic (exact) mass is 352 g/mol. The summed E-state index contributed by atoms with van der Waals surface area (Å²) < 4.78 is 5.79. The number of ether oxygens (including phenoxy) is 1. The molecule has 1 fully saturated rings. The molecule has 1 aromatic heterocycles. The number of halogens is 1. The SMILES string of the molecule is O=C1C(COc2ccc3ccccc3n2)CCN1c1ccccc1Cl. The lowest BCUT2D eigenvalue weighted by Crippen LogP contribution is -2.29. The summed E-state index contributed by atoms with van der Waals surface area (Å²) in [7, 11) is 0. The number of aromatic nitrogens is 1. The lowest BCUT2D eigenvalue weighted by Gasteiger charge is -2.18. The van der Waals surface area contributed by atoms with Crippen LogP contribution in [0.4, 0.5) is 5.69 Å². The molecule has 1 amide bonds. The molecule has 3 aromatic rings. The van der Waals surface area contributed by atoms with Crippen LogP contribution in [0.5, 0.6) is 5.88 Å². The van der Waals surface area contributed by atoms with E-state index in [0.29, 0.717) is 24.1 Å². The van der Waals surface area contributed by atoms with Crippen LogP contribution in [0.2, 0.25) is 5.02 Å². The molecular weight excluding hydrogens is 336 g/mol. The van der Waals surface area contributed by atoms with E-state index in [1.165, 1.54) is 0 Å². The molecule has 126 valence electrons. The van der Waals surface area contributed by atoms with E-state index in [4.69, 9.17) is 16.3 Å². The molecule has 1 aliphatic rings. The van der Waals surface area contributed by atoms with Gasteiger partial charge in [-0.25, -0.2) is 4.98 Å². The number of pyridine rings is 1. The molecule has 2 heterocycles. The lowest BCUT2D eigenvalue weighted by atomic mass is 10.1. The van der Waals surface area contributed by atoms with Crippen LogP contribution in [0.15, 0.2) is 60.7 Å². The van der Waals surface area contributed by atoms with Gasteiger partial charge in [0.25, 0.3) is 0 Å². The highest BCUT2D eigenvalue weighted by Gasteiger charge is 2.33. The fraction of sp³-hybridized carbons (Fsp3) is 0.200. The Labute approximate surface area is 151 Å². The van der Waals surface area contributed by atoms with E-state index >= 15 is 0 Å². The number of hydrogen-bond acceptors (Lipinski definition) is 3. The van der Waals surface area contributed by atoms with Crippen molar-refractivity contribution in [3.8, 4) is 5.88 Å². The third-order valence-corrected chi connectivity index (χ3v) is 4.78. The first-order valence-electron chi connectivity index (χ1n) is 8.27. The number of nitrogens with zero attached hydrogens (tertiary/aromatic N) is 2. The maximum Gasteiger partial charge on any atom is 0.233 e. The van der Waals surface area contributed by atoms with Crippen LogP contribution < -0.4 is 9.64 Å². The number of para-hydroxylation sites is 2. The van der Waals surface area contributed by atoms with Crippen molar-refractivity contribution in [1.82, 2.24) is 4.98 Å². The summed E-state index contributed by atoms with van der Waals surface area (Å²) in [6.07, 6.45) is 0.748. The molecule has 0 radical (unpaired) electrons. The first-order chi connectivity index (χ1) is 12.2. The maximum atomic E-state index is 12.7. The first kappa shape index (κ1) is 15.9. The quantitative estimate of drug-likeness (QED) is 0.702. The van der Waals surface area contributed by atoms with Gasteiger partial charge in [0.05, 0.1) is 22.1 Å². The van der Waals surface area contributed by atoms with Crippen molar-refractivity contribution >= 4 is 34.1 Å². The van der Waals surface area contributed by atoms with Crippen molar-refractivity contribution in [2.75, 3.05) is 18.1 Å². The van der Waals surface area contributed by atoms with Gasteiger partial charge in [0.15, 0.2) is 0 Å². The molecule has 1 atom stereocenters. The average molecular weight is 353 g/mol. The Bertz CT molecular complexity index is 928. The van der Waals surface area contributed by atoms with Gasteiger partial charge in [-0.15, -0.1) is 0 Å². The summed E-state index contributed by atoms with van der Waals surface area (Å²) >= 11 is 6.21. The summed E-state index contributed by atoms with van der Waals surface area (Å²) in [4.78, 5) is 18.9. The van der Waals surface area contributed by atoms with Gasteiger partial charge < -0.3 is 9.64 Å². The van der Waals surface area contributed by atoms with Crippen molar-refractivity contribution in [2.24, 2.45) is 5.92 Å². The number of fused-ring (bicyclic) bond motifs is 1. The Morgan fingerprint density at radius 1 is 1.08 bits per heavy atom. The van der Waals surface area contributed by atoms with Crippen molar-refractivity contribution in [3.05, 3.63) is 65.7 Å². The van der Waals surface area contributed by atoms with Gasteiger partial charge in [-0.05, 0) is 30.7 Å². The fourth-order valence-corrected chi connectivity index (χ4v) is 3.35. The van der Waals surface area contributed by atoms with E-state index in [1.807, 2.05) is 54.6 Å². The standard InChI is InChI=1S/C20H17ClN2O2/c21-16-6-2-4-8-18(16)23-12-11-15(20(23)24)13-25-19-10-9-14-5-1-3-7-17(14)22-19/h1-10,15H,11-13H2. The molecule has 4 nitrogen and oxygen atoms in total. The highest BCUT2D eigenvalue weighted by molar-refractivity contribution is 6.33. The van der Waals surface area contributed by atoms with Gasteiger partial charge in [-0.1, -0.05) is 41.9 Å². The summed E-state index contributed by atoms with van der Waals surface area (Å²) in [5.74, 6) is 0.418. The fourth-order valence-electron chi connectivity index (χ4n) is 3.12. The highest BCUT2D eigenvalue weighted by atomic mass is 35.5. The summed E-state index contributed by atoms with van der Waals surface area (Å²) in [5, 5.41) is 1.66. The molecule has 1 unspecified atom stereocenters. The van der Waals surface area contributed by atoms with Crippen LogP contribution in [0.3, 0.4) is 0 Å². The van der Waals surface area contributed by atoms with Crippen molar-refractivity contribution < 1.29 is 9.53 Å². The zero-order valence-electron chi connectivity index (χ0n) is 13.6. The minimum absolute atomic E-state index is 0.0499. The van der Waals surface area contributed by atoms with Gasteiger partial charge in [0.2, 0.25) is 11.8 Å². The van der Waals surface area contributed by atoms with Crippen molar-refractivity contribution in [1.29, 1.82) is 0 Å². The number of benzene rings is 2. The van der Waals surface area contributed by atoms with Gasteiger partial charge >= 0.3 is 0 Å². The Morgan fingerprint density at radius 3 is 2.76 bits per heavy atom. The molecule has 0 saturated carbocycles. The molecule has 0 spiro atoms. The first-order valence-corrected chi connectivity index (χ1v) is 8.65. The Morgan fingerprint density at radius 2 is 1.88 bits per heavy atom. The summed E-state index contributed by atoms with van der Waals surface area (Å²) in [6.45, 7) is 0.979. The third-order valence-electron chi connectivity index (χ3n) is 4.46. The van der Waals surface area contributed by atoms with E-state index in [2.05, 4.69) is 4.98 Å². The van der Waals surface area contributed by atoms with Gasteiger partial charge in [0.1, 0.15) is 6.61 Å². The molecule has 25 heavy (non-hydrogen) atoms. The van der Waals surface area contributed by atoms with Crippen molar-refractivity contribution in [2.45, 2.75) is 6.42 Å². The number of anilines is 1. The molecule has 0 bridgehead atoms. The summed E-state index contributed by atoms with van der Waals surface area (Å²) in [6, 6.07) is 19.1. The number of rotatable bonds is 4. The minimum Gasteiger partial charge on any atom is -0.477 e. The molecule has 0 aliphatic carbocycles. The molecule has 2 aromatic carbocycles. The largest absolute Gasteiger partial charge is 0.477 e. The zero-order chi connectivity index (χ0) is 17.2. The maximum absolute atomic E-state index is 12.7. The number of amides is 1. The average Bonchev–Trinajstić information content (AvgIpc) is 3.01. The second kappa shape index (κ2) is 6.73. The number of carbonyl (C=O) groups excluding carboxylic acids is 1. The molecule has 5 heteroatoms. The van der Waals surface area contributed by atoms with Crippen LogP contribution in [0, 0.1) is 5.92 Å². The highest BCUT2D eigenvalue weighted by Crippen LogP contribution is 2.31. The van der Waals surface area contributed by atoms with E-state index < -0.39 is 0 Å². The molecule has 1 aliphatic heterocycles. The lowest BCUT2D eigenvalue weighted by molar-refractivity contribution is -0.121. The number of carbonyl (C=O) groups is 1. The van der Waals surface area contributed by atoms with Gasteiger partial charge in [-0.2, -0.15) is 0 Å². The van der Waals surface area contributed by atoms with Crippen molar-refractivity contribution in [3.63, 3.8) is 0 Å². The van der Waals surface area contributed by atoms with E-state index in [1.54, 1.807) is 11.0 Å². The normalized spacial score (nSPS) is 17.2. The molecule has 4 rings (SSSR count). The Hall–Kier alpha value is -2.59. The Kier molecular flexibility index (Phi) is 4.28. The van der Waals surface area contributed by atoms with Gasteiger partial charge in [-0.3, -0.25) is 4.79 Å². The third kappa shape index (κ3) is 3.17. The second-order valence-corrected chi connectivity index (χ2v) is 6.49. The van der Waals surface area contributed by atoms with Crippen LogP contribution in [0.1, 0.15) is 6.42 Å². The minimum atomic E-state index is -0.176. The molecule has 1 saturated heterocycles. The zero-order valence-corrected chi connectivity index (χ0v) is 14.3. The summed E-state index contributed by atoms with van der Waals surface area (Å²) in [5.41, 5.74) is 1.65. The smallest absolute Gasteiger partial charge is 0.233 e. The van der Waals surface area contributed by atoms with Crippen LogP contribution in [-0.4, -0.2) is 24.0 Å². The predicted molar refractivity (Wildman–Crippen MR) is 99.2 cm³/mol.